The Labute approximate surface area is 179 Å². The molecule has 0 spiro atoms. The van der Waals surface area contributed by atoms with Gasteiger partial charge in [0.25, 0.3) is 11.8 Å². The van der Waals surface area contributed by atoms with E-state index in [4.69, 9.17) is 32.7 Å². The van der Waals surface area contributed by atoms with E-state index in [1.807, 2.05) is 0 Å². The molecule has 8 heteroatoms. The van der Waals surface area contributed by atoms with Crippen molar-refractivity contribution in [1.82, 2.24) is 10.2 Å². The van der Waals surface area contributed by atoms with Crippen molar-refractivity contribution in [2.75, 3.05) is 27.3 Å². The van der Waals surface area contributed by atoms with E-state index >= 15 is 0 Å². The summed E-state index contributed by atoms with van der Waals surface area (Å²) in [4.78, 5) is 27.2. The number of nitrogens with zero attached hydrogens (tertiary/aromatic N) is 1. The topological polar surface area (TPSA) is 67.9 Å². The standard InChI is InChI=1S/C21H22Cl2N2O4/c1-28-17-4-3-5-18(29-2)19(17)21(27)25-10-8-14(9-11-25)24-20(26)13-6-7-15(22)16(23)12-13/h3-7,12,14H,8-11H2,1-2H3,(H,24,26). The largest absolute Gasteiger partial charge is 0.496 e. The molecule has 1 aliphatic heterocycles. The van der Waals surface area contributed by atoms with Crippen LogP contribution < -0.4 is 14.8 Å². The van der Waals surface area contributed by atoms with Crippen LogP contribution in [0, 0.1) is 0 Å². The molecule has 1 fully saturated rings. The van der Waals surface area contributed by atoms with E-state index < -0.39 is 0 Å². The number of likely N-dealkylation sites (tertiary alicyclic amines) is 1. The average Bonchev–Trinajstić information content (AvgIpc) is 2.74. The molecule has 3 rings (SSSR count). The zero-order valence-electron chi connectivity index (χ0n) is 16.2. The molecule has 0 bridgehead atoms. The van der Waals surface area contributed by atoms with Crippen molar-refractivity contribution < 1.29 is 19.1 Å². The third-order valence-electron chi connectivity index (χ3n) is 4.94. The monoisotopic (exact) mass is 436 g/mol. The highest BCUT2D eigenvalue weighted by molar-refractivity contribution is 6.42. The van der Waals surface area contributed by atoms with E-state index in [9.17, 15) is 9.59 Å². The first-order valence-electron chi connectivity index (χ1n) is 9.20. The highest BCUT2D eigenvalue weighted by atomic mass is 35.5. The number of hydrogen-bond donors (Lipinski definition) is 1. The van der Waals surface area contributed by atoms with Gasteiger partial charge >= 0.3 is 0 Å². The lowest BCUT2D eigenvalue weighted by Gasteiger charge is -2.33. The van der Waals surface area contributed by atoms with E-state index in [0.29, 0.717) is 58.6 Å². The third-order valence-corrected chi connectivity index (χ3v) is 5.68. The van der Waals surface area contributed by atoms with Crippen LogP contribution in [0.25, 0.3) is 0 Å². The summed E-state index contributed by atoms with van der Waals surface area (Å²) in [6.45, 7) is 1.04. The van der Waals surface area contributed by atoms with Gasteiger partial charge in [-0.15, -0.1) is 0 Å². The maximum absolute atomic E-state index is 13.0. The van der Waals surface area contributed by atoms with Gasteiger partial charge in [0.05, 0.1) is 24.3 Å². The Bertz CT molecular complexity index is 889. The van der Waals surface area contributed by atoms with Crippen LogP contribution in [-0.2, 0) is 0 Å². The van der Waals surface area contributed by atoms with Gasteiger partial charge in [-0.25, -0.2) is 0 Å². The molecule has 1 heterocycles. The summed E-state index contributed by atoms with van der Waals surface area (Å²) in [5, 5.41) is 3.74. The van der Waals surface area contributed by atoms with Gasteiger partial charge in [0, 0.05) is 24.7 Å². The van der Waals surface area contributed by atoms with Crippen LogP contribution in [0.2, 0.25) is 10.0 Å². The smallest absolute Gasteiger partial charge is 0.261 e. The molecule has 154 valence electrons. The zero-order valence-corrected chi connectivity index (χ0v) is 17.7. The number of nitrogens with one attached hydrogen (secondary N) is 1. The number of hydrogen-bond acceptors (Lipinski definition) is 4. The number of piperidine rings is 1. The average molecular weight is 437 g/mol. The van der Waals surface area contributed by atoms with Gasteiger partial charge in [-0.1, -0.05) is 29.3 Å². The van der Waals surface area contributed by atoms with Crippen molar-refractivity contribution in [2.45, 2.75) is 18.9 Å². The fourth-order valence-electron chi connectivity index (χ4n) is 3.35. The minimum atomic E-state index is -0.209. The highest BCUT2D eigenvalue weighted by Gasteiger charge is 2.28. The second-order valence-electron chi connectivity index (χ2n) is 6.71. The molecule has 2 amide bonds. The predicted octanol–water partition coefficient (Wildman–Crippen LogP) is 4.05. The molecule has 2 aromatic carbocycles. The molecule has 0 unspecified atom stereocenters. The molecule has 0 atom stereocenters. The molecule has 0 aromatic heterocycles. The van der Waals surface area contributed by atoms with Crippen molar-refractivity contribution in [2.24, 2.45) is 0 Å². The Kier molecular flexibility index (Phi) is 6.87. The lowest BCUT2D eigenvalue weighted by molar-refractivity contribution is 0.0691. The van der Waals surface area contributed by atoms with E-state index in [0.717, 1.165) is 0 Å². The molecular formula is C21H22Cl2N2O4. The third kappa shape index (κ3) is 4.77. The molecule has 0 radical (unpaired) electrons. The normalized spacial score (nSPS) is 14.4. The molecule has 1 aliphatic rings. The quantitative estimate of drug-likeness (QED) is 0.767. The van der Waals surface area contributed by atoms with Gasteiger partial charge in [0.2, 0.25) is 0 Å². The molecule has 6 nitrogen and oxygen atoms in total. The van der Waals surface area contributed by atoms with Crippen LogP contribution in [0.5, 0.6) is 11.5 Å². The molecule has 2 aromatic rings. The van der Waals surface area contributed by atoms with E-state index in [2.05, 4.69) is 5.32 Å². The summed E-state index contributed by atoms with van der Waals surface area (Å²) in [6.07, 6.45) is 1.30. The van der Waals surface area contributed by atoms with Gasteiger partial charge in [-0.3, -0.25) is 9.59 Å². The van der Waals surface area contributed by atoms with Gasteiger partial charge in [0.15, 0.2) is 0 Å². The lowest BCUT2D eigenvalue weighted by Crippen LogP contribution is -2.46. The van der Waals surface area contributed by atoms with E-state index in [1.54, 1.807) is 41.3 Å². The first-order valence-corrected chi connectivity index (χ1v) is 9.96. The molecule has 1 N–H and O–H groups in total. The second-order valence-corrected chi connectivity index (χ2v) is 7.52. The summed E-state index contributed by atoms with van der Waals surface area (Å²) in [6, 6.07) is 10.0. The molecule has 0 aliphatic carbocycles. The lowest BCUT2D eigenvalue weighted by atomic mass is 10.0. The van der Waals surface area contributed by atoms with E-state index in [1.165, 1.54) is 14.2 Å². The van der Waals surface area contributed by atoms with Gasteiger partial charge in [0.1, 0.15) is 17.1 Å². The number of carbonyl (C=O) groups excluding carboxylic acids is 2. The number of carbonyl (C=O) groups is 2. The Morgan fingerprint density at radius 2 is 1.62 bits per heavy atom. The summed E-state index contributed by atoms with van der Waals surface area (Å²) < 4.78 is 10.7. The minimum Gasteiger partial charge on any atom is -0.496 e. The highest BCUT2D eigenvalue weighted by Crippen LogP contribution is 2.30. The minimum absolute atomic E-state index is 0.0273. The SMILES string of the molecule is COc1cccc(OC)c1C(=O)N1CCC(NC(=O)c2ccc(Cl)c(Cl)c2)CC1. The van der Waals surface area contributed by atoms with Gasteiger partial charge in [-0.2, -0.15) is 0 Å². The maximum atomic E-state index is 13.0. The van der Waals surface area contributed by atoms with Gasteiger partial charge < -0.3 is 19.7 Å². The number of rotatable bonds is 5. The Morgan fingerprint density at radius 3 is 2.17 bits per heavy atom. The predicted molar refractivity (Wildman–Crippen MR) is 112 cm³/mol. The van der Waals surface area contributed by atoms with Crippen LogP contribution in [-0.4, -0.2) is 50.1 Å². The van der Waals surface area contributed by atoms with Crippen LogP contribution in [0.4, 0.5) is 0 Å². The zero-order chi connectivity index (χ0) is 21.0. The second kappa shape index (κ2) is 9.37. The number of amides is 2. The Hall–Kier alpha value is -2.44. The number of halogens is 2. The molecular weight excluding hydrogens is 415 g/mol. The van der Waals surface area contributed by atoms with Crippen LogP contribution >= 0.6 is 23.2 Å². The molecule has 1 saturated heterocycles. The van der Waals surface area contributed by atoms with Crippen molar-refractivity contribution in [3.05, 3.63) is 57.6 Å². The first kappa shape index (κ1) is 21.3. The Balaban J connectivity index is 1.63. The number of benzene rings is 2. The van der Waals surface area contributed by atoms with E-state index in [-0.39, 0.29) is 17.9 Å². The first-order chi connectivity index (χ1) is 13.9. The Morgan fingerprint density at radius 1 is 1.00 bits per heavy atom. The van der Waals surface area contributed by atoms with Crippen LogP contribution in [0.3, 0.4) is 0 Å². The van der Waals surface area contributed by atoms with Gasteiger partial charge in [-0.05, 0) is 43.2 Å². The number of methoxy groups -OCH3 is 2. The summed E-state index contributed by atoms with van der Waals surface area (Å²) in [7, 11) is 3.05. The summed E-state index contributed by atoms with van der Waals surface area (Å²) in [5.74, 6) is 0.599. The molecule has 29 heavy (non-hydrogen) atoms. The van der Waals surface area contributed by atoms with Crippen molar-refractivity contribution in [1.29, 1.82) is 0 Å². The van der Waals surface area contributed by atoms with Crippen LogP contribution in [0.1, 0.15) is 33.6 Å². The van der Waals surface area contributed by atoms with Crippen molar-refractivity contribution in [3.63, 3.8) is 0 Å². The molecule has 0 saturated carbocycles. The maximum Gasteiger partial charge on any atom is 0.261 e. The van der Waals surface area contributed by atoms with Crippen molar-refractivity contribution in [3.8, 4) is 11.5 Å². The summed E-state index contributed by atoms with van der Waals surface area (Å²) >= 11 is 11.9. The number of ether oxygens (including phenoxy) is 2. The summed E-state index contributed by atoms with van der Waals surface area (Å²) in [5.41, 5.74) is 0.868. The van der Waals surface area contributed by atoms with Crippen molar-refractivity contribution >= 4 is 35.0 Å². The van der Waals surface area contributed by atoms with Crippen LogP contribution in [0.15, 0.2) is 36.4 Å². The fourth-order valence-corrected chi connectivity index (χ4v) is 3.65. The fraction of sp³-hybridized carbons (Fsp3) is 0.333.